The highest BCUT2D eigenvalue weighted by Crippen LogP contribution is 2.03. The summed E-state index contributed by atoms with van der Waals surface area (Å²) in [6.45, 7) is 8.58. The molecule has 0 saturated carbocycles. The number of benzene rings is 1. The summed E-state index contributed by atoms with van der Waals surface area (Å²) in [5, 5.41) is 0. The van der Waals surface area contributed by atoms with E-state index in [1.165, 1.54) is 0 Å². The lowest BCUT2D eigenvalue weighted by atomic mass is 10.1. The van der Waals surface area contributed by atoms with E-state index >= 15 is 0 Å². The van der Waals surface area contributed by atoms with Crippen molar-refractivity contribution in [1.29, 1.82) is 0 Å². The largest absolute Gasteiger partial charge is 0.326 e. The van der Waals surface area contributed by atoms with Crippen LogP contribution >= 0.6 is 0 Å². The van der Waals surface area contributed by atoms with Crippen LogP contribution in [0.2, 0.25) is 0 Å². The lowest BCUT2D eigenvalue weighted by Crippen LogP contribution is -1.97. The zero-order valence-corrected chi connectivity index (χ0v) is 10.1. The van der Waals surface area contributed by atoms with Gasteiger partial charge in [-0.3, -0.25) is 4.79 Å². The first kappa shape index (κ1) is 13.8. The summed E-state index contributed by atoms with van der Waals surface area (Å²) >= 11 is 0. The number of nitrogens with two attached hydrogens (primary N) is 1. The molecule has 0 spiro atoms. The Balaban J connectivity index is 0.000000423. The van der Waals surface area contributed by atoms with Gasteiger partial charge in [0, 0.05) is 12.1 Å². The van der Waals surface area contributed by atoms with Gasteiger partial charge in [-0.1, -0.05) is 45.0 Å². The molecule has 0 aliphatic heterocycles. The Hall–Kier alpha value is -1.15. The standard InChI is InChI=1S/C9H11NO.C4H10/c1-7(11)9-4-2-8(6-10)3-5-9;1-4(2)3/h2-5H,6,10H2,1H3;4H,1-3H3. The van der Waals surface area contributed by atoms with Crippen LogP contribution in [0.3, 0.4) is 0 Å². The second kappa shape index (κ2) is 7.18. The number of carbonyl (C=O) groups is 1. The summed E-state index contributed by atoms with van der Waals surface area (Å²) in [6.07, 6.45) is 0. The van der Waals surface area contributed by atoms with Gasteiger partial charge in [-0.25, -0.2) is 0 Å². The normalized spacial score (nSPS) is 9.47. The Morgan fingerprint density at radius 3 is 1.87 bits per heavy atom. The van der Waals surface area contributed by atoms with Crippen LogP contribution in [-0.2, 0) is 6.54 Å². The molecular formula is C13H21NO. The van der Waals surface area contributed by atoms with Crippen LogP contribution in [0.25, 0.3) is 0 Å². The van der Waals surface area contributed by atoms with Crippen LogP contribution < -0.4 is 5.73 Å². The molecule has 0 fully saturated rings. The first-order valence-electron chi connectivity index (χ1n) is 5.27. The maximum atomic E-state index is 10.8. The molecule has 0 atom stereocenters. The molecule has 0 radical (unpaired) electrons. The first-order chi connectivity index (χ1) is 6.97. The highest BCUT2D eigenvalue weighted by Gasteiger charge is 1.96. The molecule has 0 aliphatic carbocycles. The number of carbonyl (C=O) groups excluding carboxylic acids is 1. The number of Topliss-reactive ketones (excluding diaryl/α,β-unsaturated/α-hetero) is 1. The van der Waals surface area contributed by atoms with Crippen molar-refractivity contribution in [2.45, 2.75) is 34.2 Å². The van der Waals surface area contributed by atoms with Gasteiger partial charge in [0.25, 0.3) is 0 Å². The Labute approximate surface area is 92.5 Å². The highest BCUT2D eigenvalue weighted by atomic mass is 16.1. The van der Waals surface area contributed by atoms with E-state index in [1.54, 1.807) is 19.1 Å². The molecule has 0 saturated heterocycles. The van der Waals surface area contributed by atoms with Crippen molar-refractivity contribution in [3.63, 3.8) is 0 Å². The molecule has 2 N–H and O–H groups in total. The van der Waals surface area contributed by atoms with Crippen molar-refractivity contribution in [1.82, 2.24) is 0 Å². The van der Waals surface area contributed by atoms with E-state index in [0.29, 0.717) is 6.54 Å². The lowest BCUT2D eigenvalue weighted by Gasteiger charge is -1.97. The van der Waals surface area contributed by atoms with Crippen molar-refractivity contribution in [3.05, 3.63) is 35.4 Å². The molecule has 0 aromatic heterocycles. The highest BCUT2D eigenvalue weighted by molar-refractivity contribution is 5.93. The maximum Gasteiger partial charge on any atom is 0.159 e. The van der Waals surface area contributed by atoms with E-state index < -0.39 is 0 Å². The van der Waals surface area contributed by atoms with E-state index in [9.17, 15) is 4.79 Å². The van der Waals surface area contributed by atoms with Crippen molar-refractivity contribution in [2.75, 3.05) is 0 Å². The number of hydrogen-bond acceptors (Lipinski definition) is 2. The quantitative estimate of drug-likeness (QED) is 0.757. The Morgan fingerprint density at radius 1 is 1.20 bits per heavy atom. The van der Waals surface area contributed by atoms with Gasteiger partial charge in [-0.05, 0) is 18.4 Å². The van der Waals surface area contributed by atoms with Crippen LogP contribution in [-0.4, -0.2) is 5.78 Å². The summed E-state index contributed by atoms with van der Waals surface area (Å²) in [6, 6.07) is 7.34. The topological polar surface area (TPSA) is 43.1 Å². The predicted octanol–water partition coefficient (Wildman–Crippen LogP) is 3.01. The smallest absolute Gasteiger partial charge is 0.159 e. The van der Waals surface area contributed by atoms with Gasteiger partial charge >= 0.3 is 0 Å². The van der Waals surface area contributed by atoms with Crippen LogP contribution in [0, 0.1) is 5.92 Å². The second-order valence-corrected chi connectivity index (χ2v) is 4.19. The molecule has 84 valence electrons. The van der Waals surface area contributed by atoms with Gasteiger partial charge in [-0.15, -0.1) is 0 Å². The fraction of sp³-hybridized carbons (Fsp3) is 0.462. The average molecular weight is 207 g/mol. The van der Waals surface area contributed by atoms with Gasteiger partial charge in [0.2, 0.25) is 0 Å². The monoisotopic (exact) mass is 207 g/mol. The van der Waals surface area contributed by atoms with Gasteiger partial charge in [0.05, 0.1) is 0 Å². The van der Waals surface area contributed by atoms with Crippen molar-refractivity contribution in [3.8, 4) is 0 Å². The third-order valence-electron chi connectivity index (χ3n) is 1.60. The van der Waals surface area contributed by atoms with Gasteiger partial charge < -0.3 is 5.73 Å². The second-order valence-electron chi connectivity index (χ2n) is 4.19. The van der Waals surface area contributed by atoms with Crippen LogP contribution in [0.5, 0.6) is 0 Å². The molecular weight excluding hydrogens is 186 g/mol. The summed E-state index contributed by atoms with van der Waals surface area (Å²) < 4.78 is 0. The van der Waals surface area contributed by atoms with Crippen LogP contribution in [0.1, 0.15) is 43.6 Å². The molecule has 1 rings (SSSR count). The molecule has 15 heavy (non-hydrogen) atoms. The fourth-order valence-corrected chi connectivity index (χ4v) is 0.876. The summed E-state index contributed by atoms with van der Waals surface area (Å²) in [5.74, 6) is 0.925. The molecule has 1 aromatic carbocycles. The number of ketones is 1. The molecule has 2 heteroatoms. The Morgan fingerprint density at radius 2 is 1.60 bits per heavy atom. The SMILES string of the molecule is CC(=O)c1ccc(CN)cc1.CC(C)C. The minimum atomic E-state index is 0.0913. The lowest BCUT2D eigenvalue weighted by molar-refractivity contribution is 0.101. The molecule has 0 amide bonds. The van der Waals surface area contributed by atoms with Crippen LogP contribution in [0.15, 0.2) is 24.3 Å². The molecule has 0 bridgehead atoms. The van der Waals surface area contributed by atoms with E-state index in [-0.39, 0.29) is 5.78 Å². The molecule has 2 nitrogen and oxygen atoms in total. The summed E-state index contributed by atoms with van der Waals surface area (Å²) in [4.78, 5) is 10.8. The maximum absolute atomic E-state index is 10.8. The fourth-order valence-electron chi connectivity index (χ4n) is 0.876. The third kappa shape index (κ3) is 6.86. The summed E-state index contributed by atoms with van der Waals surface area (Å²) in [7, 11) is 0. The van der Waals surface area contributed by atoms with E-state index in [1.807, 2.05) is 12.1 Å². The van der Waals surface area contributed by atoms with Gasteiger partial charge in [0.15, 0.2) is 5.78 Å². The zero-order valence-electron chi connectivity index (χ0n) is 10.1. The Kier molecular flexibility index (Phi) is 6.63. The minimum absolute atomic E-state index is 0.0913. The third-order valence-corrected chi connectivity index (χ3v) is 1.60. The molecule has 0 unspecified atom stereocenters. The number of rotatable bonds is 2. The van der Waals surface area contributed by atoms with Crippen molar-refractivity contribution in [2.24, 2.45) is 11.7 Å². The number of hydrogen-bond donors (Lipinski definition) is 1. The van der Waals surface area contributed by atoms with Crippen molar-refractivity contribution >= 4 is 5.78 Å². The average Bonchev–Trinajstić information content (AvgIpc) is 2.17. The molecule has 0 heterocycles. The van der Waals surface area contributed by atoms with Crippen LogP contribution in [0.4, 0.5) is 0 Å². The zero-order chi connectivity index (χ0) is 11.8. The van der Waals surface area contributed by atoms with E-state index in [2.05, 4.69) is 20.8 Å². The minimum Gasteiger partial charge on any atom is -0.326 e. The molecule has 0 aliphatic rings. The van der Waals surface area contributed by atoms with E-state index in [4.69, 9.17) is 5.73 Å². The van der Waals surface area contributed by atoms with Gasteiger partial charge in [0.1, 0.15) is 0 Å². The van der Waals surface area contributed by atoms with Crippen molar-refractivity contribution < 1.29 is 4.79 Å². The predicted molar refractivity (Wildman–Crippen MR) is 64.8 cm³/mol. The Bertz CT molecular complexity index is 285. The first-order valence-corrected chi connectivity index (χ1v) is 5.27. The molecule has 1 aromatic rings. The van der Waals surface area contributed by atoms with Gasteiger partial charge in [-0.2, -0.15) is 0 Å². The summed E-state index contributed by atoms with van der Waals surface area (Å²) in [5.41, 5.74) is 7.18. The van der Waals surface area contributed by atoms with E-state index in [0.717, 1.165) is 17.0 Å².